The number of aryl methyl sites for hydroxylation is 1. The molecule has 1 aromatic heterocycles. The van der Waals surface area contributed by atoms with Crippen LogP contribution in [0.15, 0.2) is 24.5 Å². The third-order valence-corrected chi connectivity index (χ3v) is 4.50. The van der Waals surface area contributed by atoms with Crippen molar-refractivity contribution in [2.24, 2.45) is 0 Å². The fourth-order valence-electron chi connectivity index (χ4n) is 3.18. The van der Waals surface area contributed by atoms with E-state index in [4.69, 9.17) is 0 Å². The lowest BCUT2D eigenvalue weighted by Gasteiger charge is -2.17. The van der Waals surface area contributed by atoms with Crippen LogP contribution in [0.3, 0.4) is 0 Å². The highest BCUT2D eigenvalue weighted by Gasteiger charge is 2.23. The van der Waals surface area contributed by atoms with Crippen molar-refractivity contribution in [3.05, 3.63) is 47.3 Å². The summed E-state index contributed by atoms with van der Waals surface area (Å²) in [5.74, 6) is -0.157. The van der Waals surface area contributed by atoms with E-state index in [-0.39, 0.29) is 5.82 Å². The molecule has 2 aromatic rings. The molecule has 0 aliphatic heterocycles. The number of halogens is 1. The summed E-state index contributed by atoms with van der Waals surface area (Å²) in [6, 6.07) is 5.98. The molecule has 0 saturated heterocycles. The van der Waals surface area contributed by atoms with Crippen molar-refractivity contribution in [3.63, 3.8) is 0 Å². The first-order valence-corrected chi connectivity index (χ1v) is 7.89. The molecule has 1 aromatic carbocycles. The van der Waals surface area contributed by atoms with Gasteiger partial charge in [0.25, 0.3) is 0 Å². The van der Waals surface area contributed by atoms with Crippen molar-refractivity contribution in [2.45, 2.75) is 51.1 Å². The lowest BCUT2D eigenvalue weighted by Crippen LogP contribution is -2.18. The second-order valence-corrected chi connectivity index (χ2v) is 6.12. The van der Waals surface area contributed by atoms with E-state index in [0.717, 1.165) is 30.6 Å². The second-order valence-electron chi connectivity index (χ2n) is 6.12. The van der Waals surface area contributed by atoms with Gasteiger partial charge in [0.1, 0.15) is 5.82 Å². The summed E-state index contributed by atoms with van der Waals surface area (Å²) in [6.07, 6.45) is 8.66. The largest absolute Gasteiger partial charge is 0.310 e. The van der Waals surface area contributed by atoms with Gasteiger partial charge in [-0.1, -0.05) is 12.1 Å². The van der Waals surface area contributed by atoms with E-state index in [0.29, 0.717) is 11.7 Å². The summed E-state index contributed by atoms with van der Waals surface area (Å²) >= 11 is 0. The van der Waals surface area contributed by atoms with Crippen molar-refractivity contribution in [2.75, 3.05) is 0 Å². The lowest BCUT2D eigenvalue weighted by molar-refractivity contribution is 0.599. The van der Waals surface area contributed by atoms with E-state index < -0.39 is 0 Å². The Bertz CT molecular complexity index is 658. The molecule has 0 unspecified atom stereocenters. The van der Waals surface area contributed by atoms with Crippen molar-refractivity contribution < 1.29 is 4.39 Å². The van der Waals surface area contributed by atoms with Gasteiger partial charge in [-0.05, 0) is 50.2 Å². The number of fused-ring (bicyclic) bond motifs is 1. The van der Waals surface area contributed by atoms with E-state index in [1.165, 1.54) is 31.4 Å². The summed E-state index contributed by atoms with van der Waals surface area (Å²) in [5, 5.41) is 3.48. The van der Waals surface area contributed by atoms with Crippen LogP contribution in [0.5, 0.6) is 0 Å². The maximum absolute atomic E-state index is 14.4. The fraction of sp³-hybridized carbons (Fsp3) is 0.471. The van der Waals surface area contributed by atoms with Crippen LogP contribution in [-0.4, -0.2) is 15.6 Å². The van der Waals surface area contributed by atoms with Crippen LogP contribution in [0, 0.1) is 5.82 Å². The number of nitrogens with zero attached hydrogens (tertiary/aromatic N) is 2. The molecule has 0 radical (unpaired) electrons. The van der Waals surface area contributed by atoms with Gasteiger partial charge in [0.05, 0.1) is 17.7 Å². The number of nitrogens with one attached hydrogen (secondary N) is 1. The summed E-state index contributed by atoms with van der Waals surface area (Å²) < 4.78 is 16.4. The van der Waals surface area contributed by atoms with Gasteiger partial charge in [0, 0.05) is 18.3 Å². The number of imidazole rings is 1. The lowest BCUT2D eigenvalue weighted by atomic mass is 10.0. The van der Waals surface area contributed by atoms with Gasteiger partial charge in [-0.25, -0.2) is 9.37 Å². The predicted octanol–water partition coefficient (Wildman–Crippen LogP) is 3.14. The van der Waals surface area contributed by atoms with E-state index in [1.54, 1.807) is 18.5 Å². The molecule has 4 rings (SSSR count). The Balaban J connectivity index is 1.74. The highest BCUT2D eigenvalue weighted by atomic mass is 19.1. The Morgan fingerprint density at radius 2 is 2.10 bits per heavy atom. The Morgan fingerprint density at radius 1 is 1.24 bits per heavy atom. The van der Waals surface area contributed by atoms with Gasteiger partial charge in [-0.15, -0.1) is 0 Å². The fourth-order valence-corrected chi connectivity index (χ4v) is 3.18. The van der Waals surface area contributed by atoms with Crippen LogP contribution in [0.4, 0.5) is 4.39 Å². The van der Waals surface area contributed by atoms with Gasteiger partial charge in [-0.3, -0.25) is 4.57 Å². The standard InChI is InChI=1S/C17H20FN3/c18-14-5-3-4-12(10-19-13-8-9-13)17(14)21-11-20-15-6-1-2-7-16(15)21/h3-5,11,13,19H,1-2,6-10H2. The SMILES string of the molecule is Fc1cccc(CNC2CC2)c1-n1cnc2c1CCCC2. The van der Waals surface area contributed by atoms with Crippen LogP contribution in [0.1, 0.15) is 42.6 Å². The average Bonchev–Trinajstić information content (AvgIpc) is 3.24. The summed E-state index contributed by atoms with van der Waals surface area (Å²) in [4.78, 5) is 4.50. The van der Waals surface area contributed by atoms with E-state index in [2.05, 4.69) is 10.3 Å². The van der Waals surface area contributed by atoms with Gasteiger partial charge in [0.2, 0.25) is 0 Å². The van der Waals surface area contributed by atoms with Crippen molar-refractivity contribution in [3.8, 4) is 5.69 Å². The molecule has 1 fully saturated rings. The molecule has 0 atom stereocenters. The average molecular weight is 285 g/mol. The Labute approximate surface area is 124 Å². The smallest absolute Gasteiger partial charge is 0.147 e. The topological polar surface area (TPSA) is 29.9 Å². The Hall–Kier alpha value is -1.68. The number of hydrogen-bond acceptors (Lipinski definition) is 2. The molecular formula is C17H20FN3. The van der Waals surface area contributed by atoms with Crippen molar-refractivity contribution >= 4 is 0 Å². The minimum absolute atomic E-state index is 0.157. The molecule has 0 bridgehead atoms. The van der Waals surface area contributed by atoms with E-state index in [1.807, 2.05) is 10.6 Å². The van der Waals surface area contributed by atoms with Crippen molar-refractivity contribution in [1.82, 2.24) is 14.9 Å². The van der Waals surface area contributed by atoms with E-state index in [9.17, 15) is 4.39 Å². The first-order chi connectivity index (χ1) is 10.3. The number of aromatic nitrogens is 2. The van der Waals surface area contributed by atoms with E-state index >= 15 is 0 Å². The quantitative estimate of drug-likeness (QED) is 0.935. The number of rotatable bonds is 4. The Morgan fingerprint density at radius 3 is 2.95 bits per heavy atom. The van der Waals surface area contributed by atoms with Gasteiger partial charge < -0.3 is 5.32 Å². The zero-order valence-electron chi connectivity index (χ0n) is 12.1. The van der Waals surface area contributed by atoms with Crippen LogP contribution in [0.25, 0.3) is 5.69 Å². The normalized spacial score (nSPS) is 17.8. The molecule has 0 spiro atoms. The third kappa shape index (κ3) is 2.48. The summed E-state index contributed by atoms with van der Waals surface area (Å²) in [5.41, 5.74) is 4.04. The van der Waals surface area contributed by atoms with Crippen LogP contribution >= 0.6 is 0 Å². The molecule has 2 aliphatic carbocycles. The number of benzene rings is 1. The molecule has 4 heteroatoms. The van der Waals surface area contributed by atoms with Crippen molar-refractivity contribution in [1.29, 1.82) is 0 Å². The number of hydrogen-bond donors (Lipinski definition) is 1. The predicted molar refractivity (Wildman–Crippen MR) is 80.0 cm³/mol. The highest BCUT2D eigenvalue weighted by molar-refractivity contribution is 5.45. The highest BCUT2D eigenvalue weighted by Crippen LogP contribution is 2.27. The summed E-state index contributed by atoms with van der Waals surface area (Å²) in [6.45, 7) is 0.727. The minimum atomic E-state index is -0.157. The molecule has 0 amide bonds. The first kappa shape index (κ1) is 13.0. The molecular weight excluding hydrogens is 265 g/mol. The van der Waals surface area contributed by atoms with Gasteiger partial charge in [0.15, 0.2) is 0 Å². The van der Waals surface area contributed by atoms with Crippen LogP contribution in [0.2, 0.25) is 0 Å². The van der Waals surface area contributed by atoms with Crippen LogP contribution in [-0.2, 0) is 19.4 Å². The molecule has 1 heterocycles. The van der Waals surface area contributed by atoms with Gasteiger partial charge in [-0.2, -0.15) is 0 Å². The summed E-state index contributed by atoms with van der Waals surface area (Å²) in [7, 11) is 0. The Kier molecular flexibility index (Phi) is 3.26. The van der Waals surface area contributed by atoms with Crippen LogP contribution < -0.4 is 5.32 Å². The number of para-hydroxylation sites is 1. The maximum Gasteiger partial charge on any atom is 0.147 e. The molecule has 110 valence electrons. The zero-order valence-corrected chi connectivity index (χ0v) is 12.1. The molecule has 3 nitrogen and oxygen atoms in total. The third-order valence-electron chi connectivity index (χ3n) is 4.50. The maximum atomic E-state index is 14.4. The molecule has 1 N–H and O–H groups in total. The van der Waals surface area contributed by atoms with Gasteiger partial charge >= 0.3 is 0 Å². The second kappa shape index (κ2) is 5.26. The zero-order chi connectivity index (χ0) is 14.2. The molecule has 2 aliphatic rings. The molecule has 1 saturated carbocycles. The molecule has 21 heavy (non-hydrogen) atoms. The first-order valence-electron chi connectivity index (χ1n) is 7.89. The monoisotopic (exact) mass is 285 g/mol. The minimum Gasteiger partial charge on any atom is -0.310 e.